The van der Waals surface area contributed by atoms with E-state index in [0.29, 0.717) is 11.3 Å². The van der Waals surface area contributed by atoms with Crippen molar-refractivity contribution in [3.63, 3.8) is 0 Å². The van der Waals surface area contributed by atoms with Crippen LogP contribution in [0.4, 0.5) is 4.39 Å². The number of halogens is 2. The molecule has 0 amide bonds. The van der Waals surface area contributed by atoms with E-state index >= 15 is 0 Å². The number of hydrogen-bond donors (Lipinski definition) is 2. The van der Waals surface area contributed by atoms with Crippen LogP contribution in [0.5, 0.6) is 0 Å². The van der Waals surface area contributed by atoms with Crippen LogP contribution >= 0.6 is 12.4 Å². The minimum atomic E-state index is -0.365. The monoisotopic (exact) mass is 282 g/mol. The zero-order valence-corrected chi connectivity index (χ0v) is 11.2. The van der Waals surface area contributed by atoms with Crippen LogP contribution in [-0.4, -0.2) is 18.1 Å². The quantitative estimate of drug-likeness (QED) is 0.844. The lowest BCUT2D eigenvalue weighted by Gasteiger charge is -2.23. The Bertz CT molecular complexity index is 635. The number of H-pyrrole nitrogens is 1. The Morgan fingerprint density at radius 2 is 1.89 bits per heavy atom. The molecule has 2 N–H and O–H groups in total. The summed E-state index contributed by atoms with van der Waals surface area (Å²) in [4.78, 5) is 14.5. The highest BCUT2D eigenvalue weighted by Crippen LogP contribution is 2.29. The summed E-state index contributed by atoms with van der Waals surface area (Å²) < 4.78 is 13.2. The third-order valence-electron chi connectivity index (χ3n) is 3.67. The number of nitrogens with one attached hydrogen (secondary N) is 2. The molecule has 0 unspecified atom stereocenters. The smallest absolute Gasteiger partial charge is 0.255 e. The second-order valence-corrected chi connectivity index (χ2v) is 4.79. The first-order valence-corrected chi connectivity index (χ1v) is 6.27. The SMILES string of the molecule is Cl.O=c1[nH]cc(C2CCNCC2)c2ccc(F)cc12. The number of piperidine rings is 1. The Hall–Kier alpha value is -1.39. The highest BCUT2D eigenvalue weighted by molar-refractivity contribution is 5.85. The Labute approximate surface area is 116 Å². The summed E-state index contributed by atoms with van der Waals surface area (Å²) in [7, 11) is 0. The van der Waals surface area contributed by atoms with Gasteiger partial charge in [-0.25, -0.2) is 4.39 Å². The van der Waals surface area contributed by atoms with Gasteiger partial charge < -0.3 is 10.3 Å². The van der Waals surface area contributed by atoms with Crippen molar-refractivity contribution in [3.8, 4) is 0 Å². The first kappa shape index (κ1) is 14.0. The molecule has 0 saturated carbocycles. The summed E-state index contributed by atoms with van der Waals surface area (Å²) in [5.41, 5.74) is 0.910. The van der Waals surface area contributed by atoms with E-state index in [9.17, 15) is 9.18 Å². The molecule has 3 rings (SSSR count). The summed E-state index contributed by atoms with van der Waals surface area (Å²) in [6, 6.07) is 4.46. The van der Waals surface area contributed by atoms with Gasteiger partial charge in [0.15, 0.2) is 0 Å². The number of fused-ring (bicyclic) bond motifs is 1. The van der Waals surface area contributed by atoms with E-state index in [4.69, 9.17) is 0 Å². The molecule has 0 spiro atoms. The summed E-state index contributed by atoms with van der Waals surface area (Å²) >= 11 is 0. The Kier molecular flexibility index (Phi) is 4.22. The molecular formula is C14H16ClFN2O. The molecule has 0 radical (unpaired) electrons. The molecule has 2 heterocycles. The van der Waals surface area contributed by atoms with Gasteiger partial charge in [0.2, 0.25) is 0 Å². The lowest BCUT2D eigenvalue weighted by molar-refractivity contribution is 0.461. The topological polar surface area (TPSA) is 44.9 Å². The van der Waals surface area contributed by atoms with Crippen molar-refractivity contribution < 1.29 is 4.39 Å². The number of pyridine rings is 1. The van der Waals surface area contributed by atoms with Gasteiger partial charge in [-0.3, -0.25) is 4.79 Å². The van der Waals surface area contributed by atoms with Crippen molar-refractivity contribution in [1.29, 1.82) is 0 Å². The fourth-order valence-corrected chi connectivity index (χ4v) is 2.73. The summed E-state index contributed by atoms with van der Waals surface area (Å²) in [6.07, 6.45) is 3.90. The number of aromatic nitrogens is 1. The fourth-order valence-electron chi connectivity index (χ4n) is 2.73. The van der Waals surface area contributed by atoms with Crippen LogP contribution in [0.3, 0.4) is 0 Å². The number of aromatic amines is 1. The zero-order valence-electron chi connectivity index (χ0n) is 10.4. The van der Waals surface area contributed by atoms with Crippen LogP contribution in [0.2, 0.25) is 0 Å². The van der Waals surface area contributed by atoms with E-state index in [0.717, 1.165) is 36.9 Å². The molecule has 1 aromatic carbocycles. The maximum atomic E-state index is 13.2. The molecule has 1 aliphatic rings. The molecule has 1 fully saturated rings. The van der Waals surface area contributed by atoms with Crippen LogP contribution in [0.15, 0.2) is 29.2 Å². The van der Waals surface area contributed by atoms with Crippen LogP contribution < -0.4 is 10.9 Å². The van der Waals surface area contributed by atoms with E-state index in [1.165, 1.54) is 12.1 Å². The predicted molar refractivity (Wildman–Crippen MR) is 76.6 cm³/mol. The summed E-state index contributed by atoms with van der Waals surface area (Å²) in [5.74, 6) is 0.0755. The van der Waals surface area contributed by atoms with Gasteiger partial charge in [0, 0.05) is 6.20 Å². The van der Waals surface area contributed by atoms with Crippen LogP contribution in [0.25, 0.3) is 10.8 Å². The van der Waals surface area contributed by atoms with Gasteiger partial charge in [-0.2, -0.15) is 0 Å². The van der Waals surface area contributed by atoms with Crippen molar-refractivity contribution in [3.05, 3.63) is 46.1 Å². The van der Waals surface area contributed by atoms with E-state index < -0.39 is 0 Å². The lowest BCUT2D eigenvalue weighted by atomic mass is 9.88. The molecule has 5 heteroatoms. The van der Waals surface area contributed by atoms with Gasteiger partial charge in [-0.05, 0) is 54.9 Å². The molecule has 0 aliphatic carbocycles. The molecule has 19 heavy (non-hydrogen) atoms. The average Bonchev–Trinajstić information content (AvgIpc) is 2.41. The minimum Gasteiger partial charge on any atom is -0.328 e. The molecule has 1 aliphatic heterocycles. The standard InChI is InChI=1S/C14H15FN2O.ClH/c15-10-1-2-11-12(7-10)14(18)17-8-13(11)9-3-5-16-6-4-9;/h1-2,7-9,16H,3-6H2,(H,17,18);1H. The number of rotatable bonds is 1. The van der Waals surface area contributed by atoms with E-state index in [2.05, 4.69) is 10.3 Å². The van der Waals surface area contributed by atoms with Gasteiger partial charge in [-0.1, -0.05) is 6.07 Å². The van der Waals surface area contributed by atoms with Crippen molar-refractivity contribution in [2.24, 2.45) is 0 Å². The molecule has 2 aromatic rings. The highest BCUT2D eigenvalue weighted by atomic mass is 35.5. The van der Waals surface area contributed by atoms with Crippen molar-refractivity contribution in [1.82, 2.24) is 10.3 Å². The Morgan fingerprint density at radius 3 is 2.63 bits per heavy atom. The maximum absolute atomic E-state index is 13.2. The molecule has 102 valence electrons. The van der Waals surface area contributed by atoms with Crippen molar-refractivity contribution in [2.45, 2.75) is 18.8 Å². The second kappa shape index (κ2) is 5.72. The highest BCUT2D eigenvalue weighted by Gasteiger charge is 2.18. The molecule has 1 saturated heterocycles. The van der Waals surface area contributed by atoms with E-state index in [1.807, 2.05) is 0 Å². The minimum absolute atomic E-state index is 0. The number of hydrogen-bond acceptors (Lipinski definition) is 2. The van der Waals surface area contributed by atoms with Gasteiger partial charge in [0.1, 0.15) is 5.82 Å². The van der Waals surface area contributed by atoms with Gasteiger partial charge in [0.05, 0.1) is 5.39 Å². The first-order chi connectivity index (χ1) is 8.75. The molecule has 1 aromatic heterocycles. The third kappa shape index (κ3) is 2.65. The van der Waals surface area contributed by atoms with Crippen molar-refractivity contribution >= 4 is 23.2 Å². The summed E-state index contributed by atoms with van der Waals surface area (Å²) in [5, 5.41) is 4.65. The average molecular weight is 283 g/mol. The van der Waals surface area contributed by atoms with Crippen molar-refractivity contribution in [2.75, 3.05) is 13.1 Å². The lowest BCUT2D eigenvalue weighted by Crippen LogP contribution is -2.27. The van der Waals surface area contributed by atoms with Gasteiger partial charge >= 0.3 is 0 Å². The van der Waals surface area contributed by atoms with E-state index in [-0.39, 0.29) is 23.8 Å². The van der Waals surface area contributed by atoms with Crippen LogP contribution in [0.1, 0.15) is 24.3 Å². The number of benzene rings is 1. The third-order valence-corrected chi connectivity index (χ3v) is 3.67. The predicted octanol–water partition coefficient (Wildman–Crippen LogP) is 2.56. The largest absolute Gasteiger partial charge is 0.328 e. The van der Waals surface area contributed by atoms with E-state index in [1.54, 1.807) is 12.3 Å². The molecule has 0 atom stereocenters. The van der Waals surface area contributed by atoms with Crippen LogP contribution in [0, 0.1) is 5.82 Å². The first-order valence-electron chi connectivity index (χ1n) is 6.27. The van der Waals surface area contributed by atoms with Crippen LogP contribution in [-0.2, 0) is 0 Å². The molecule has 0 bridgehead atoms. The van der Waals surface area contributed by atoms with Gasteiger partial charge in [0.25, 0.3) is 5.56 Å². The Morgan fingerprint density at radius 1 is 1.16 bits per heavy atom. The van der Waals surface area contributed by atoms with Gasteiger partial charge in [-0.15, -0.1) is 12.4 Å². The maximum Gasteiger partial charge on any atom is 0.255 e. The Balaban J connectivity index is 0.00000133. The molecular weight excluding hydrogens is 267 g/mol. The normalized spacial score (nSPS) is 16.3. The zero-order chi connectivity index (χ0) is 12.5. The summed E-state index contributed by atoms with van der Waals surface area (Å²) in [6.45, 7) is 1.99. The fraction of sp³-hybridized carbons (Fsp3) is 0.357. The second-order valence-electron chi connectivity index (χ2n) is 4.79. The molecule has 3 nitrogen and oxygen atoms in total.